The molecule has 21 heavy (non-hydrogen) atoms. The first-order valence-corrected chi connectivity index (χ1v) is 6.77. The third-order valence-corrected chi connectivity index (χ3v) is 3.57. The van der Waals surface area contributed by atoms with E-state index >= 15 is 0 Å². The maximum atomic E-state index is 12.1. The fraction of sp³-hybridized carbons (Fsp3) is 0.385. The van der Waals surface area contributed by atoms with Gasteiger partial charge in [-0.15, -0.1) is 0 Å². The second-order valence-corrected chi connectivity index (χ2v) is 5.16. The van der Waals surface area contributed by atoms with E-state index in [1.165, 1.54) is 11.9 Å². The summed E-state index contributed by atoms with van der Waals surface area (Å²) in [5.41, 5.74) is 9.22. The third-order valence-electron chi connectivity index (χ3n) is 3.33. The molecular formula is C13H14ClN5O2. The van der Waals surface area contributed by atoms with Gasteiger partial charge in [0.2, 0.25) is 5.91 Å². The molecule has 8 heteroatoms. The van der Waals surface area contributed by atoms with Gasteiger partial charge in [-0.3, -0.25) is 9.59 Å². The molecule has 0 saturated carbocycles. The highest BCUT2D eigenvalue weighted by Gasteiger charge is 2.32. The number of hydrogen-bond acceptors (Lipinski definition) is 3. The zero-order valence-electron chi connectivity index (χ0n) is 11.4. The van der Waals surface area contributed by atoms with Crippen LogP contribution in [0.5, 0.6) is 0 Å². The van der Waals surface area contributed by atoms with Gasteiger partial charge in [-0.05, 0) is 29.6 Å². The predicted octanol–water partition coefficient (Wildman–Crippen LogP) is 2.36. The smallest absolute Gasteiger partial charge is 0.253 e. The Morgan fingerprint density at radius 1 is 1.62 bits per heavy atom. The lowest BCUT2D eigenvalue weighted by molar-refractivity contribution is -0.117. The van der Waals surface area contributed by atoms with Crippen molar-refractivity contribution in [1.82, 2.24) is 5.32 Å². The topological polar surface area (TPSA) is 98.2 Å². The number of hydrogen-bond donors (Lipinski definition) is 1. The van der Waals surface area contributed by atoms with Gasteiger partial charge >= 0.3 is 0 Å². The van der Waals surface area contributed by atoms with E-state index in [0.29, 0.717) is 29.2 Å². The maximum Gasteiger partial charge on any atom is 0.253 e. The summed E-state index contributed by atoms with van der Waals surface area (Å²) >= 11 is 5.97. The van der Waals surface area contributed by atoms with Crippen molar-refractivity contribution in [3.8, 4) is 0 Å². The van der Waals surface area contributed by atoms with Crippen LogP contribution in [0.2, 0.25) is 5.02 Å². The standard InChI is InChI=1S/C13H14ClN5O2/c1-16-13(21)10-3-2-9(14)5-11(10)19-7-8(4-12(19)20)6-17-18-15/h2-3,5,8H,4,6-7H2,1H3,(H,16,21). The average Bonchev–Trinajstić information content (AvgIpc) is 2.85. The van der Waals surface area contributed by atoms with Gasteiger partial charge in [-0.1, -0.05) is 16.7 Å². The molecule has 0 spiro atoms. The summed E-state index contributed by atoms with van der Waals surface area (Å²) < 4.78 is 0. The summed E-state index contributed by atoms with van der Waals surface area (Å²) in [7, 11) is 1.52. The summed E-state index contributed by atoms with van der Waals surface area (Å²) in [6.45, 7) is 0.663. The quantitative estimate of drug-likeness (QED) is 0.524. The molecule has 1 aromatic rings. The number of halogens is 1. The number of nitrogens with one attached hydrogen (secondary N) is 1. The summed E-state index contributed by atoms with van der Waals surface area (Å²) in [6.07, 6.45) is 0.290. The van der Waals surface area contributed by atoms with Crippen molar-refractivity contribution in [3.63, 3.8) is 0 Å². The van der Waals surface area contributed by atoms with Crippen LogP contribution in [-0.4, -0.2) is 32.0 Å². The van der Waals surface area contributed by atoms with Crippen molar-refractivity contribution in [1.29, 1.82) is 0 Å². The van der Waals surface area contributed by atoms with Gasteiger partial charge in [0.25, 0.3) is 5.91 Å². The zero-order valence-corrected chi connectivity index (χ0v) is 12.2. The van der Waals surface area contributed by atoms with Crippen molar-refractivity contribution < 1.29 is 9.59 Å². The van der Waals surface area contributed by atoms with Crippen molar-refractivity contribution in [3.05, 3.63) is 39.2 Å². The summed E-state index contributed by atoms with van der Waals surface area (Å²) in [6, 6.07) is 4.79. The molecule has 0 aromatic heterocycles. The van der Waals surface area contributed by atoms with Crippen LogP contribution in [0.4, 0.5) is 5.69 Å². The van der Waals surface area contributed by atoms with Gasteiger partial charge in [-0.25, -0.2) is 0 Å². The van der Waals surface area contributed by atoms with Crippen LogP contribution in [0.3, 0.4) is 0 Å². The molecule has 1 aliphatic rings. The fourth-order valence-corrected chi connectivity index (χ4v) is 2.51. The second-order valence-electron chi connectivity index (χ2n) is 4.73. The Morgan fingerprint density at radius 2 is 2.38 bits per heavy atom. The molecule has 1 N–H and O–H groups in total. The van der Waals surface area contributed by atoms with E-state index in [4.69, 9.17) is 17.1 Å². The molecule has 0 radical (unpaired) electrons. The van der Waals surface area contributed by atoms with Gasteiger partial charge in [0, 0.05) is 36.5 Å². The van der Waals surface area contributed by atoms with Crippen LogP contribution in [0.15, 0.2) is 23.3 Å². The minimum atomic E-state index is -0.284. The maximum absolute atomic E-state index is 12.1. The van der Waals surface area contributed by atoms with Crippen LogP contribution in [-0.2, 0) is 4.79 Å². The van der Waals surface area contributed by atoms with Gasteiger partial charge in [0.1, 0.15) is 0 Å². The Balaban J connectivity index is 2.33. The molecule has 1 fully saturated rings. The van der Waals surface area contributed by atoms with Gasteiger partial charge < -0.3 is 10.2 Å². The van der Waals surface area contributed by atoms with E-state index in [2.05, 4.69) is 15.3 Å². The molecule has 1 atom stereocenters. The van der Waals surface area contributed by atoms with Crippen LogP contribution in [0, 0.1) is 5.92 Å². The van der Waals surface area contributed by atoms with Gasteiger partial charge in [0.05, 0.1) is 11.3 Å². The first-order valence-electron chi connectivity index (χ1n) is 6.39. The molecule has 0 aliphatic carbocycles. The molecule has 1 heterocycles. The highest BCUT2D eigenvalue weighted by atomic mass is 35.5. The molecule has 7 nitrogen and oxygen atoms in total. The van der Waals surface area contributed by atoms with E-state index in [1.54, 1.807) is 18.2 Å². The summed E-state index contributed by atoms with van der Waals surface area (Å²) in [5, 5.41) is 6.49. The Morgan fingerprint density at radius 3 is 3.05 bits per heavy atom. The SMILES string of the molecule is CNC(=O)c1ccc(Cl)cc1N1CC(CN=[N+]=[N-])CC1=O. The number of carbonyl (C=O) groups excluding carboxylic acids is 2. The van der Waals surface area contributed by atoms with Crippen molar-refractivity contribution in [2.75, 3.05) is 25.0 Å². The molecular weight excluding hydrogens is 294 g/mol. The molecule has 0 bridgehead atoms. The van der Waals surface area contributed by atoms with Crippen molar-refractivity contribution >= 4 is 29.1 Å². The number of rotatable bonds is 4. The number of azide groups is 1. The minimum absolute atomic E-state index is 0.0510. The number of anilines is 1. The zero-order chi connectivity index (χ0) is 15.4. The van der Waals surface area contributed by atoms with E-state index in [-0.39, 0.29) is 24.3 Å². The summed E-state index contributed by atoms with van der Waals surface area (Å²) in [5.74, 6) is -0.446. The number of amides is 2. The highest BCUT2D eigenvalue weighted by molar-refractivity contribution is 6.31. The number of carbonyl (C=O) groups is 2. The van der Waals surface area contributed by atoms with Crippen LogP contribution in [0.1, 0.15) is 16.8 Å². The normalized spacial score (nSPS) is 17.5. The number of nitrogens with zero attached hydrogens (tertiary/aromatic N) is 4. The van der Waals surface area contributed by atoms with Gasteiger partial charge in [-0.2, -0.15) is 0 Å². The Kier molecular flexibility index (Phi) is 4.67. The first kappa shape index (κ1) is 15.2. The lowest BCUT2D eigenvalue weighted by Gasteiger charge is -2.20. The molecule has 2 rings (SSSR count). The third kappa shape index (κ3) is 3.26. The van der Waals surface area contributed by atoms with E-state index in [0.717, 1.165) is 0 Å². The van der Waals surface area contributed by atoms with Crippen molar-refractivity contribution in [2.45, 2.75) is 6.42 Å². The molecule has 1 aliphatic heterocycles. The average molecular weight is 308 g/mol. The van der Waals surface area contributed by atoms with E-state index < -0.39 is 0 Å². The number of benzene rings is 1. The monoisotopic (exact) mass is 307 g/mol. The molecule has 2 amide bonds. The Labute approximate surface area is 126 Å². The molecule has 1 saturated heterocycles. The molecule has 110 valence electrons. The highest BCUT2D eigenvalue weighted by Crippen LogP contribution is 2.30. The van der Waals surface area contributed by atoms with E-state index in [1.807, 2.05) is 0 Å². The van der Waals surface area contributed by atoms with Crippen LogP contribution < -0.4 is 10.2 Å². The Hall–Kier alpha value is -2.24. The molecule has 1 unspecified atom stereocenters. The lowest BCUT2D eigenvalue weighted by atomic mass is 10.1. The summed E-state index contributed by atoms with van der Waals surface area (Å²) in [4.78, 5) is 28.3. The van der Waals surface area contributed by atoms with Gasteiger partial charge in [0.15, 0.2) is 0 Å². The minimum Gasteiger partial charge on any atom is -0.355 e. The lowest BCUT2D eigenvalue weighted by Crippen LogP contribution is -2.29. The largest absolute Gasteiger partial charge is 0.355 e. The fourth-order valence-electron chi connectivity index (χ4n) is 2.34. The first-order chi connectivity index (χ1) is 10.1. The van der Waals surface area contributed by atoms with E-state index in [9.17, 15) is 9.59 Å². The molecule has 1 aromatic carbocycles. The van der Waals surface area contributed by atoms with Crippen molar-refractivity contribution in [2.24, 2.45) is 11.0 Å². The van der Waals surface area contributed by atoms with Crippen LogP contribution >= 0.6 is 11.6 Å². The predicted molar refractivity (Wildman–Crippen MR) is 79.3 cm³/mol. The second kappa shape index (κ2) is 6.47. The Bertz CT molecular complexity index is 627. The van der Waals surface area contributed by atoms with Crippen LogP contribution in [0.25, 0.3) is 10.4 Å².